The van der Waals surface area contributed by atoms with E-state index in [1.807, 2.05) is 69.6 Å². The molecule has 0 bridgehead atoms. The minimum Gasteiger partial charge on any atom is -0.275 e. The van der Waals surface area contributed by atoms with Gasteiger partial charge in [-0.15, -0.1) is 0 Å². The van der Waals surface area contributed by atoms with Gasteiger partial charge in [0.1, 0.15) is 0 Å². The highest BCUT2D eigenvalue weighted by Gasteiger charge is 2.27. The van der Waals surface area contributed by atoms with Crippen molar-refractivity contribution in [2.24, 2.45) is 7.05 Å². The number of sulfonamides is 1. The van der Waals surface area contributed by atoms with E-state index < -0.39 is 10.0 Å². The maximum Gasteiger partial charge on any atom is 0.243 e. The molecule has 0 N–H and O–H groups in total. The third kappa shape index (κ3) is 3.86. The highest BCUT2D eigenvalue weighted by molar-refractivity contribution is 7.89. The van der Waals surface area contributed by atoms with Crippen LogP contribution in [0.2, 0.25) is 0 Å². The monoisotopic (exact) mass is 369 g/mol. The van der Waals surface area contributed by atoms with Crippen LogP contribution in [0.1, 0.15) is 19.4 Å². The van der Waals surface area contributed by atoms with E-state index in [9.17, 15) is 8.42 Å². The standard InChI is InChI=1S/C20H23N3O2S/c1-16(2)23(15-17-13-21-22(3)14-17)26(24,25)20-11-9-19(10-12-20)18-7-5-4-6-8-18/h4-14,16H,15H2,1-3H3. The molecule has 3 aromatic rings. The first-order valence-corrected chi connectivity index (χ1v) is 9.97. The van der Waals surface area contributed by atoms with Crippen molar-refractivity contribution in [2.45, 2.75) is 31.3 Å². The van der Waals surface area contributed by atoms with E-state index in [2.05, 4.69) is 5.10 Å². The van der Waals surface area contributed by atoms with Crippen molar-refractivity contribution >= 4 is 10.0 Å². The van der Waals surface area contributed by atoms with Crippen LogP contribution in [0.4, 0.5) is 0 Å². The Morgan fingerprint density at radius 2 is 1.62 bits per heavy atom. The van der Waals surface area contributed by atoms with E-state index in [1.54, 1.807) is 23.0 Å². The number of rotatable bonds is 6. The lowest BCUT2D eigenvalue weighted by Gasteiger charge is -2.25. The summed E-state index contributed by atoms with van der Waals surface area (Å²) in [6, 6.07) is 16.8. The number of benzene rings is 2. The molecule has 1 aromatic heterocycles. The zero-order valence-electron chi connectivity index (χ0n) is 15.2. The Hall–Kier alpha value is -2.44. The first-order valence-electron chi connectivity index (χ1n) is 8.53. The fraction of sp³-hybridized carbons (Fsp3) is 0.250. The van der Waals surface area contributed by atoms with Crippen molar-refractivity contribution in [3.8, 4) is 11.1 Å². The SMILES string of the molecule is CC(C)N(Cc1cnn(C)c1)S(=O)(=O)c1ccc(-c2ccccc2)cc1. The molecular weight excluding hydrogens is 346 g/mol. The predicted molar refractivity (Wildman–Crippen MR) is 103 cm³/mol. The molecule has 0 spiro atoms. The van der Waals surface area contributed by atoms with Crippen LogP contribution in [-0.4, -0.2) is 28.5 Å². The Kier molecular flexibility index (Phi) is 5.25. The molecule has 5 nitrogen and oxygen atoms in total. The van der Waals surface area contributed by atoms with Gasteiger partial charge >= 0.3 is 0 Å². The van der Waals surface area contributed by atoms with Crippen molar-refractivity contribution < 1.29 is 8.42 Å². The van der Waals surface area contributed by atoms with Gasteiger partial charge in [-0.1, -0.05) is 42.5 Å². The maximum atomic E-state index is 13.1. The van der Waals surface area contributed by atoms with E-state index >= 15 is 0 Å². The molecule has 0 saturated carbocycles. The van der Waals surface area contributed by atoms with E-state index in [-0.39, 0.29) is 6.04 Å². The summed E-state index contributed by atoms with van der Waals surface area (Å²) in [7, 11) is -1.77. The van der Waals surface area contributed by atoms with Gasteiger partial charge in [-0.2, -0.15) is 9.40 Å². The second-order valence-electron chi connectivity index (χ2n) is 6.56. The fourth-order valence-electron chi connectivity index (χ4n) is 2.86. The molecule has 0 saturated heterocycles. The van der Waals surface area contributed by atoms with Crippen molar-refractivity contribution in [2.75, 3.05) is 0 Å². The van der Waals surface area contributed by atoms with Gasteiger partial charge in [0.25, 0.3) is 0 Å². The summed E-state index contributed by atoms with van der Waals surface area (Å²) in [6.07, 6.45) is 3.53. The third-order valence-electron chi connectivity index (χ3n) is 4.24. The Morgan fingerprint density at radius 3 is 2.15 bits per heavy atom. The van der Waals surface area contributed by atoms with Crippen LogP contribution >= 0.6 is 0 Å². The number of hydrogen-bond acceptors (Lipinski definition) is 3. The molecule has 6 heteroatoms. The quantitative estimate of drug-likeness (QED) is 0.666. The number of aryl methyl sites for hydroxylation is 1. The summed E-state index contributed by atoms with van der Waals surface area (Å²) in [5, 5.41) is 4.12. The number of aromatic nitrogens is 2. The molecule has 0 atom stereocenters. The Bertz CT molecular complexity index is 962. The Morgan fingerprint density at radius 1 is 1.00 bits per heavy atom. The van der Waals surface area contributed by atoms with Crippen molar-refractivity contribution in [1.29, 1.82) is 0 Å². The van der Waals surface area contributed by atoms with Crippen LogP contribution in [0.5, 0.6) is 0 Å². The molecule has 0 unspecified atom stereocenters. The van der Waals surface area contributed by atoms with E-state index in [1.165, 1.54) is 4.31 Å². The molecule has 0 amide bonds. The predicted octanol–water partition coefficient (Wildman–Crippen LogP) is 3.69. The summed E-state index contributed by atoms with van der Waals surface area (Å²) in [5.74, 6) is 0. The van der Waals surface area contributed by atoms with Gasteiger partial charge in [-0.25, -0.2) is 8.42 Å². The van der Waals surface area contributed by atoms with Crippen LogP contribution < -0.4 is 0 Å². The van der Waals surface area contributed by atoms with Crippen molar-refractivity contribution in [3.63, 3.8) is 0 Å². The molecule has 1 heterocycles. The van der Waals surface area contributed by atoms with Gasteiger partial charge in [-0.05, 0) is 37.1 Å². The Balaban J connectivity index is 1.89. The van der Waals surface area contributed by atoms with Gasteiger partial charge in [0.05, 0.1) is 11.1 Å². The van der Waals surface area contributed by atoms with Crippen molar-refractivity contribution in [3.05, 3.63) is 72.6 Å². The molecule has 0 fully saturated rings. The second-order valence-corrected chi connectivity index (χ2v) is 8.45. The van der Waals surface area contributed by atoms with Gasteiger partial charge in [0, 0.05) is 31.4 Å². The highest BCUT2D eigenvalue weighted by atomic mass is 32.2. The van der Waals surface area contributed by atoms with Crippen LogP contribution in [-0.2, 0) is 23.6 Å². The van der Waals surface area contributed by atoms with Crippen LogP contribution in [0, 0.1) is 0 Å². The van der Waals surface area contributed by atoms with Crippen LogP contribution in [0.25, 0.3) is 11.1 Å². The lowest BCUT2D eigenvalue weighted by Crippen LogP contribution is -2.36. The highest BCUT2D eigenvalue weighted by Crippen LogP contribution is 2.25. The zero-order chi connectivity index (χ0) is 18.7. The smallest absolute Gasteiger partial charge is 0.243 e. The van der Waals surface area contributed by atoms with Gasteiger partial charge in [0.2, 0.25) is 10.0 Å². The molecule has 26 heavy (non-hydrogen) atoms. The van der Waals surface area contributed by atoms with Crippen molar-refractivity contribution in [1.82, 2.24) is 14.1 Å². The minimum atomic E-state index is -3.59. The fourth-order valence-corrected chi connectivity index (χ4v) is 4.49. The lowest BCUT2D eigenvalue weighted by atomic mass is 10.1. The number of hydrogen-bond donors (Lipinski definition) is 0. The molecule has 0 aliphatic carbocycles. The minimum absolute atomic E-state index is 0.158. The summed E-state index contributed by atoms with van der Waals surface area (Å²) in [5.41, 5.74) is 2.92. The molecule has 0 aliphatic rings. The van der Waals surface area contributed by atoms with E-state index in [0.29, 0.717) is 11.4 Å². The first-order chi connectivity index (χ1) is 12.4. The van der Waals surface area contributed by atoms with E-state index in [0.717, 1.165) is 16.7 Å². The van der Waals surface area contributed by atoms with Gasteiger partial charge in [0.15, 0.2) is 0 Å². The summed E-state index contributed by atoms with van der Waals surface area (Å²) in [4.78, 5) is 0.301. The number of nitrogens with zero attached hydrogens (tertiary/aromatic N) is 3. The lowest BCUT2D eigenvalue weighted by molar-refractivity contribution is 0.348. The largest absolute Gasteiger partial charge is 0.275 e. The Labute approximate surface area is 154 Å². The normalized spacial score (nSPS) is 12.0. The zero-order valence-corrected chi connectivity index (χ0v) is 16.0. The molecule has 0 radical (unpaired) electrons. The summed E-state index contributed by atoms with van der Waals surface area (Å²) >= 11 is 0. The average molecular weight is 369 g/mol. The molecule has 2 aromatic carbocycles. The molecular formula is C20H23N3O2S. The maximum absolute atomic E-state index is 13.1. The average Bonchev–Trinajstić information content (AvgIpc) is 3.05. The topological polar surface area (TPSA) is 55.2 Å². The van der Waals surface area contributed by atoms with E-state index in [4.69, 9.17) is 0 Å². The second kappa shape index (κ2) is 7.43. The van der Waals surface area contributed by atoms with Gasteiger partial charge < -0.3 is 0 Å². The third-order valence-corrected chi connectivity index (χ3v) is 6.28. The molecule has 136 valence electrons. The van der Waals surface area contributed by atoms with Crippen LogP contribution in [0.15, 0.2) is 71.9 Å². The molecule has 0 aliphatic heterocycles. The summed E-state index contributed by atoms with van der Waals surface area (Å²) < 4.78 is 29.4. The summed E-state index contributed by atoms with van der Waals surface area (Å²) in [6.45, 7) is 4.06. The first kappa shape index (κ1) is 18.4. The van der Waals surface area contributed by atoms with Gasteiger partial charge in [-0.3, -0.25) is 4.68 Å². The van der Waals surface area contributed by atoms with Crippen LogP contribution in [0.3, 0.4) is 0 Å². The molecule has 3 rings (SSSR count).